The van der Waals surface area contributed by atoms with Gasteiger partial charge in [0.15, 0.2) is 0 Å². The summed E-state index contributed by atoms with van der Waals surface area (Å²) >= 11 is 0. The number of Topliss-reactive ketones (excluding diaryl/α,β-unsaturated/α-hetero) is 1. The van der Waals surface area contributed by atoms with Crippen molar-refractivity contribution in [3.63, 3.8) is 0 Å². The molecule has 1 heteroatoms. The third kappa shape index (κ3) is 3.13. The van der Waals surface area contributed by atoms with Gasteiger partial charge in [-0.2, -0.15) is 0 Å². The third-order valence-electron chi connectivity index (χ3n) is 8.00. The number of carbonyl (C=O) groups is 1. The van der Waals surface area contributed by atoms with E-state index < -0.39 is 10.8 Å². The van der Waals surface area contributed by atoms with E-state index in [-0.39, 0.29) is 11.7 Å². The molecule has 1 atom stereocenters. The van der Waals surface area contributed by atoms with Gasteiger partial charge in [-0.25, -0.2) is 0 Å². The maximum atomic E-state index is 14.8. The Kier molecular flexibility index (Phi) is 5.62. The molecule has 0 radical (unpaired) electrons. The molecule has 5 aromatic carbocycles. The van der Waals surface area contributed by atoms with Gasteiger partial charge in [0.2, 0.25) is 0 Å². The quantitative estimate of drug-likeness (QED) is 0.260. The Balaban J connectivity index is 1.84. The molecular weight excluding hydrogens is 436 g/mol. The van der Waals surface area contributed by atoms with Crippen molar-refractivity contribution in [2.75, 3.05) is 0 Å². The van der Waals surface area contributed by atoms with Crippen LogP contribution in [-0.2, 0) is 15.6 Å². The topological polar surface area (TPSA) is 17.1 Å². The number of rotatable bonds is 5. The van der Waals surface area contributed by atoms with Crippen molar-refractivity contribution in [2.45, 2.75) is 23.2 Å². The molecule has 5 aromatic rings. The molecule has 1 aliphatic carbocycles. The summed E-state index contributed by atoms with van der Waals surface area (Å²) in [6, 6.07) is 52.8. The largest absolute Gasteiger partial charge is 0.298 e. The van der Waals surface area contributed by atoms with Gasteiger partial charge in [-0.05, 0) is 27.8 Å². The fourth-order valence-electron chi connectivity index (χ4n) is 6.75. The molecule has 0 N–H and O–H groups in total. The van der Waals surface area contributed by atoms with Crippen molar-refractivity contribution in [3.05, 3.63) is 179 Å². The molecule has 0 aromatic heterocycles. The second-order valence-electron chi connectivity index (χ2n) is 9.61. The molecule has 1 saturated carbocycles. The van der Waals surface area contributed by atoms with E-state index in [2.05, 4.69) is 140 Å². The van der Waals surface area contributed by atoms with Gasteiger partial charge in [-0.1, -0.05) is 152 Å². The lowest BCUT2D eigenvalue weighted by Gasteiger charge is -2.50. The molecule has 0 amide bonds. The minimum Gasteiger partial charge on any atom is -0.298 e. The van der Waals surface area contributed by atoms with E-state index in [0.29, 0.717) is 6.42 Å². The first-order chi connectivity index (χ1) is 17.8. The molecule has 1 unspecified atom stereocenters. The van der Waals surface area contributed by atoms with Crippen LogP contribution in [0, 0.1) is 0 Å². The number of ketones is 1. The molecule has 6 rings (SSSR count). The Labute approximate surface area is 213 Å². The average molecular weight is 465 g/mol. The third-order valence-corrected chi connectivity index (χ3v) is 8.00. The summed E-state index contributed by atoms with van der Waals surface area (Å²) < 4.78 is 0. The van der Waals surface area contributed by atoms with Gasteiger partial charge in [-0.3, -0.25) is 4.79 Å². The summed E-state index contributed by atoms with van der Waals surface area (Å²) in [6.45, 7) is 0. The van der Waals surface area contributed by atoms with Gasteiger partial charge in [-0.15, -0.1) is 0 Å². The van der Waals surface area contributed by atoms with E-state index in [1.165, 1.54) is 5.56 Å². The van der Waals surface area contributed by atoms with Gasteiger partial charge in [0.25, 0.3) is 0 Å². The summed E-state index contributed by atoms with van der Waals surface area (Å²) in [7, 11) is 0. The van der Waals surface area contributed by atoms with Crippen LogP contribution < -0.4 is 0 Å². The van der Waals surface area contributed by atoms with Crippen LogP contribution in [-0.4, -0.2) is 5.78 Å². The van der Waals surface area contributed by atoms with Crippen LogP contribution in [0.2, 0.25) is 0 Å². The van der Waals surface area contributed by atoms with E-state index in [4.69, 9.17) is 0 Å². The van der Waals surface area contributed by atoms with Gasteiger partial charge >= 0.3 is 0 Å². The normalized spacial score (nSPS) is 18.1. The summed E-state index contributed by atoms with van der Waals surface area (Å²) in [5.74, 6) is 0.206. The standard InChI is InChI=1S/C35H28O/c36-33-26-32(27-16-6-1-7-17-27)34(28-18-8-2-9-19-28,29-20-10-3-11-21-29)35(33,30-22-12-4-13-23-30)31-24-14-5-15-25-31/h1-25,32H,26H2. The van der Waals surface area contributed by atoms with E-state index in [1.54, 1.807) is 0 Å². The molecular formula is C35H28O. The molecule has 1 nitrogen and oxygen atoms in total. The zero-order valence-corrected chi connectivity index (χ0v) is 20.1. The molecule has 1 aliphatic rings. The lowest BCUT2D eigenvalue weighted by Crippen LogP contribution is -2.52. The predicted molar refractivity (Wildman–Crippen MR) is 146 cm³/mol. The summed E-state index contributed by atoms with van der Waals surface area (Å²) in [5.41, 5.74) is 4.01. The number of hydrogen-bond donors (Lipinski definition) is 0. The zero-order chi connectivity index (χ0) is 24.4. The highest BCUT2D eigenvalue weighted by Crippen LogP contribution is 2.65. The fourth-order valence-corrected chi connectivity index (χ4v) is 6.75. The molecule has 0 saturated heterocycles. The highest BCUT2D eigenvalue weighted by Gasteiger charge is 2.68. The van der Waals surface area contributed by atoms with Crippen molar-refractivity contribution < 1.29 is 4.79 Å². The van der Waals surface area contributed by atoms with Crippen molar-refractivity contribution in [2.24, 2.45) is 0 Å². The Hall–Kier alpha value is -4.23. The molecule has 0 aliphatic heterocycles. The van der Waals surface area contributed by atoms with Gasteiger partial charge < -0.3 is 0 Å². The van der Waals surface area contributed by atoms with Crippen LogP contribution in [0.4, 0.5) is 0 Å². The first-order valence-corrected chi connectivity index (χ1v) is 12.6. The van der Waals surface area contributed by atoms with Crippen LogP contribution in [0.1, 0.15) is 40.2 Å². The van der Waals surface area contributed by atoms with Crippen molar-refractivity contribution in [1.82, 2.24) is 0 Å². The smallest absolute Gasteiger partial charge is 0.149 e. The van der Waals surface area contributed by atoms with E-state index in [9.17, 15) is 4.79 Å². The van der Waals surface area contributed by atoms with Crippen LogP contribution in [0.3, 0.4) is 0 Å². The van der Waals surface area contributed by atoms with Gasteiger partial charge in [0, 0.05) is 17.8 Å². The molecule has 174 valence electrons. The van der Waals surface area contributed by atoms with Gasteiger partial charge in [0.05, 0.1) is 5.41 Å². The van der Waals surface area contributed by atoms with E-state index in [1.807, 2.05) is 12.1 Å². The Bertz CT molecular complexity index is 1360. The minimum absolute atomic E-state index is 0.0450. The van der Waals surface area contributed by atoms with Crippen LogP contribution in [0.5, 0.6) is 0 Å². The predicted octanol–water partition coefficient (Wildman–Crippen LogP) is 7.72. The molecule has 1 fully saturated rings. The lowest BCUT2D eigenvalue weighted by atomic mass is 9.50. The maximum absolute atomic E-state index is 14.8. The Morgan fingerprint density at radius 1 is 0.444 bits per heavy atom. The Morgan fingerprint density at radius 3 is 1.17 bits per heavy atom. The summed E-state index contributed by atoms with van der Waals surface area (Å²) in [4.78, 5) is 14.8. The van der Waals surface area contributed by atoms with Crippen molar-refractivity contribution in [1.29, 1.82) is 0 Å². The van der Waals surface area contributed by atoms with Crippen LogP contribution >= 0.6 is 0 Å². The van der Waals surface area contributed by atoms with Crippen molar-refractivity contribution >= 4 is 5.78 Å². The Morgan fingerprint density at radius 2 is 0.778 bits per heavy atom. The van der Waals surface area contributed by atoms with E-state index >= 15 is 0 Å². The molecule has 0 spiro atoms. The lowest BCUT2D eigenvalue weighted by molar-refractivity contribution is -0.121. The fraction of sp³-hybridized carbons (Fsp3) is 0.114. The second-order valence-corrected chi connectivity index (χ2v) is 9.61. The van der Waals surface area contributed by atoms with Gasteiger partial charge in [0.1, 0.15) is 5.78 Å². The molecule has 0 heterocycles. The van der Waals surface area contributed by atoms with Crippen molar-refractivity contribution in [3.8, 4) is 0 Å². The number of carbonyl (C=O) groups excluding carboxylic acids is 1. The van der Waals surface area contributed by atoms with Crippen LogP contribution in [0.25, 0.3) is 0 Å². The number of hydrogen-bond acceptors (Lipinski definition) is 1. The molecule has 36 heavy (non-hydrogen) atoms. The SMILES string of the molecule is O=C1CC(c2ccccc2)C(c2ccccc2)(c2ccccc2)C1(c1ccccc1)c1ccccc1. The summed E-state index contributed by atoms with van der Waals surface area (Å²) in [6.07, 6.45) is 0.456. The number of benzene rings is 5. The highest BCUT2D eigenvalue weighted by atomic mass is 16.1. The van der Waals surface area contributed by atoms with Crippen LogP contribution in [0.15, 0.2) is 152 Å². The average Bonchev–Trinajstić information content (AvgIpc) is 3.25. The first kappa shape index (κ1) is 22.2. The minimum atomic E-state index is -0.904. The monoisotopic (exact) mass is 464 g/mol. The summed E-state index contributed by atoms with van der Waals surface area (Å²) in [5, 5.41) is 0. The van der Waals surface area contributed by atoms with E-state index in [0.717, 1.165) is 22.3 Å². The first-order valence-electron chi connectivity index (χ1n) is 12.6. The highest BCUT2D eigenvalue weighted by molar-refractivity contribution is 6.01. The second kappa shape index (κ2) is 9.09. The molecule has 0 bridgehead atoms. The zero-order valence-electron chi connectivity index (χ0n) is 20.1. The maximum Gasteiger partial charge on any atom is 0.149 e.